The number of hydrogen-bond acceptors (Lipinski definition) is 5. The highest BCUT2D eigenvalue weighted by Crippen LogP contribution is 2.26. The summed E-state index contributed by atoms with van der Waals surface area (Å²) >= 11 is 0. The van der Waals surface area contributed by atoms with E-state index in [0.29, 0.717) is 22.7 Å². The largest absolute Gasteiger partial charge is 0.337 e. The summed E-state index contributed by atoms with van der Waals surface area (Å²) < 4.78 is 27.3. The number of carbonyl (C=O) groups is 2. The average molecular weight is 358 g/mol. The van der Waals surface area contributed by atoms with Crippen molar-refractivity contribution in [2.45, 2.75) is 18.9 Å². The van der Waals surface area contributed by atoms with Crippen molar-refractivity contribution in [3.05, 3.63) is 47.5 Å². The van der Waals surface area contributed by atoms with E-state index in [0.717, 1.165) is 6.07 Å². The summed E-state index contributed by atoms with van der Waals surface area (Å²) in [5, 5.41) is 12.0. The van der Waals surface area contributed by atoms with E-state index in [2.05, 4.69) is 30.8 Å². The van der Waals surface area contributed by atoms with E-state index in [9.17, 15) is 18.4 Å². The highest BCUT2D eigenvalue weighted by Gasteiger charge is 2.28. The molecule has 0 saturated carbocycles. The first kappa shape index (κ1) is 16.1. The summed E-state index contributed by atoms with van der Waals surface area (Å²) in [7, 11) is 0. The quantitative estimate of drug-likeness (QED) is 0.639. The van der Waals surface area contributed by atoms with Gasteiger partial charge in [-0.1, -0.05) is 0 Å². The van der Waals surface area contributed by atoms with Gasteiger partial charge in [0.15, 0.2) is 5.65 Å². The van der Waals surface area contributed by atoms with Crippen LogP contribution in [0.5, 0.6) is 0 Å². The smallest absolute Gasteiger partial charge is 0.289 e. The number of benzene rings is 1. The summed E-state index contributed by atoms with van der Waals surface area (Å²) in [6, 6.07) is 0.933. The lowest BCUT2D eigenvalue weighted by atomic mass is 10.1. The number of aromatic nitrogens is 4. The van der Waals surface area contributed by atoms with Crippen LogP contribution >= 0.6 is 0 Å². The number of nitrogens with zero attached hydrogens (tertiary/aromatic N) is 3. The van der Waals surface area contributed by atoms with Crippen molar-refractivity contribution in [3.63, 3.8) is 0 Å². The molecule has 2 amide bonds. The molecule has 8 nitrogen and oxygen atoms in total. The minimum absolute atomic E-state index is 0.0664. The first-order valence-electron chi connectivity index (χ1n) is 7.77. The zero-order valence-electron chi connectivity index (χ0n) is 13.2. The third kappa shape index (κ3) is 2.85. The zero-order chi connectivity index (χ0) is 18.3. The molecule has 0 radical (unpaired) electrons. The van der Waals surface area contributed by atoms with E-state index in [1.807, 2.05) is 0 Å². The number of nitrogens with one attached hydrogen (secondary N) is 3. The Labute approximate surface area is 145 Å². The summed E-state index contributed by atoms with van der Waals surface area (Å²) in [6.45, 7) is 0. The van der Waals surface area contributed by atoms with Crippen LogP contribution < -0.4 is 10.6 Å². The molecule has 1 aliphatic rings. The molecule has 1 aromatic carbocycles. The molecule has 26 heavy (non-hydrogen) atoms. The van der Waals surface area contributed by atoms with Crippen LogP contribution in [0.1, 0.15) is 22.6 Å². The van der Waals surface area contributed by atoms with Gasteiger partial charge in [0, 0.05) is 12.3 Å². The Balaban J connectivity index is 1.54. The fourth-order valence-corrected chi connectivity index (χ4v) is 2.81. The molecule has 3 heterocycles. The van der Waals surface area contributed by atoms with Crippen LogP contribution in [0.3, 0.4) is 0 Å². The number of aromatic amines is 1. The number of anilines is 1. The summed E-state index contributed by atoms with van der Waals surface area (Å²) in [5.74, 6) is -2.95. The molecule has 132 valence electrons. The minimum atomic E-state index is -0.932. The predicted molar refractivity (Wildman–Crippen MR) is 86.2 cm³/mol. The predicted octanol–water partition coefficient (Wildman–Crippen LogP) is 1.31. The van der Waals surface area contributed by atoms with Crippen molar-refractivity contribution in [2.24, 2.45) is 0 Å². The Morgan fingerprint density at radius 1 is 1.27 bits per heavy atom. The van der Waals surface area contributed by atoms with Gasteiger partial charge in [0.1, 0.15) is 17.7 Å². The van der Waals surface area contributed by atoms with Crippen LogP contribution in [0.2, 0.25) is 0 Å². The summed E-state index contributed by atoms with van der Waals surface area (Å²) in [4.78, 5) is 32.6. The van der Waals surface area contributed by atoms with Gasteiger partial charge < -0.3 is 10.6 Å². The highest BCUT2D eigenvalue weighted by atomic mass is 19.1. The molecule has 3 N–H and O–H groups in total. The van der Waals surface area contributed by atoms with Crippen LogP contribution in [0.4, 0.5) is 14.5 Å². The third-order valence-electron chi connectivity index (χ3n) is 4.10. The van der Waals surface area contributed by atoms with Gasteiger partial charge in [0.05, 0.1) is 17.3 Å². The van der Waals surface area contributed by atoms with Gasteiger partial charge in [0.2, 0.25) is 11.7 Å². The molecule has 3 aromatic rings. The monoisotopic (exact) mass is 358 g/mol. The van der Waals surface area contributed by atoms with Gasteiger partial charge in [-0.2, -0.15) is 5.10 Å². The Bertz CT molecular complexity index is 1030. The first-order valence-corrected chi connectivity index (χ1v) is 7.77. The fourth-order valence-electron chi connectivity index (χ4n) is 2.81. The maximum absolute atomic E-state index is 13.9. The van der Waals surface area contributed by atoms with Crippen LogP contribution in [0.15, 0.2) is 24.5 Å². The van der Waals surface area contributed by atoms with Crippen LogP contribution in [-0.4, -0.2) is 38.0 Å². The second kappa shape index (κ2) is 6.14. The van der Waals surface area contributed by atoms with Gasteiger partial charge in [-0.25, -0.2) is 18.7 Å². The molecule has 1 aliphatic heterocycles. The third-order valence-corrected chi connectivity index (χ3v) is 4.10. The van der Waals surface area contributed by atoms with E-state index >= 15 is 0 Å². The maximum Gasteiger partial charge on any atom is 0.289 e. The summed E-state index contributed by atoms with van der Waals surface area (Å²) in [6.07, 6.45) is 3.34. The van der Waals surface area contributed by atoms with Crippen molar-refractivity contribution in [3.8, 4) is 0 Å². The van der Waals surface area contributed by atoms with Crippen molar-refractivity contribution in [1.29, 1.82) is 0 Å². The average Bonchev–Trinajstić information content (AvgIpc) is 3.02. The molecule has 0 bridgehead atoms. The molecule has 4 rings (SSSR count). The Morgan fingerprint density at radius 2 is 2.12 bits per heavy atom. The number of H-pyrrole nitrogens is 1. The van der Waals surface area contributed by atoms with Gasteiger partial charge >= 0.3 is 0 Å². The molecular formula is C16H12F2N6O2. The Morgan fingerprint density at radius 3 is 2.96 bits per heavy atom. The molecule has 0 saturated heterocycles. The normalized spacial score (nSPS) is 16.7. The summed E-state index contributed by atoms with van der Waals surface area (Å²) in [5.41, 5.74) is 0.659. The molecule has 10 heteroatoms. The van der Waals surface area contributed by atoms with Gasteiger partial charge in [0.25, 0.3) is 5.91 Å². The number of amides is 2. The van der Waals surface area contributed by atoms with Crippen molar-refractivity contribution in [2.75, 3.05) is 5.32 Å². The number of aryl methyl sites for hydroxylation is 1. The van der Waals surface area contributed by atoms with Gasteiger partial charge in [-0.15, -0.1) is 0 Å². The minimum Gasteiger partial charge on any atom is -0.337 e. The van der Waals surface area contributed by atoms with E-state index in [1.165, 1.54) is 12.4 Å². The number of hydrogen-bond donors (Lipinski definition) is 3. The van der Waals surface area contributed by atoms with Crippen LogP contribution in [-0.2, 0) is 11.2 Å². The highest BCUT2D eigenvalue weighted by molar-refractivity contribution is 6.01. The van der Waals surface area contributed by atoms with Crippen molar-refractivity contribution in [1.82, 2.24) is 25.5 Å². The van der Waals surface area contributed by atoms with E-state index in [1.54, 1.807) is 0 Å². The zero-order valence-corrected chi connectivity index (χ0v) is 13.2. The number of fused-ring (bicyclic) bond motifs is 2. The van der Waals surface area contributed by atoms with E-state index < -0.39 is 29.5 Å². The topological polar surface area (TPSA) is 113 Å². The molecule has 0 unspecified atom stereocenters. The number of carbonyl (C=O) groups excluding carboxylic acids is 2. The molecule has 1 atom stereocenters. The number of halogens is 2. The fraction of sp³-hybridized carbons (Fsp3) is 0.188. The molecule has 0 spiro atoms. The van der Waals surface area contributed by atoms with Crippen molar-refractivity contribution >= 4 is 28.5 Å². The maximum atomic E-state index is 13.9. The molecule has 2 aromatic heterocycles. The van der Waals surface area contributed by atoms with Gasteiger partial charge in [-0.05, 0) is 24.5 Å². The molecule has 0 fully saturated rings. The SMILES string of the molecule is O=C(N[C@H]1CCc2cc(F)cc(F)c2NC1=O)c1ncc2cn[nH]c2n1. The second-order valence-electron chi connectivity index (χ2n) is 5.84. The standard InChI is InChI=1S/C16H12F2N6O2/c17-9-3-7-1-2-11(15(25)22-12(7)10(18)4-9)21-16(26)14-19-5-8-6-20-24-13(8)23-14/h3-6,11H,1-2H2,(H,21,26)(H,22,25)(H,19,20,23,24)/t11-/m0/s1. The molecule has 0 aliphatic carbocycles. The second-order valence-corrected chi connectivity index (χ2v) is 5.84. The van der Waals surface area contributed by atoms with Gasteiger partial charge in [-0.3, -0.25) is 14.7 Å². The first-order chi connectivity index (χ1) is 12.5. The van der Waals surface area contributed by atoms with Crippen LogP contribution in [0, 0.1) is 11.6 Å². The lowest BCUT2D eigenvalue weighted by Crippen LogP contribution is -2.43. The Hall–Kier alpha value is -3.43. The van der Waals surface area contributed by atoms with Crippen molar-refractivity contribution < 1.29 is 18.4 Å². The molecular weight excluding hydrogens is 346 g/mol. The van der Waals surface area contributed by atoms with E-state index in [-0.39, 0.29) is 24.4 Å². The lowest BCUT2D eigenvalue weighted by Gasteiger charge is -2.14. The van der Waals surface area contributed by atoms with E-state index in [4.69, 9.17) is 0 Å². The lowest BCUT2D eigenvalue weighted by molar-refractivity contribution is -0.118. The Kier molecular flexibility index (Phi) is 3.79. The van der Waals surface area contributed by atoms with Crippen LogP contribution in [0.25, 0.3) is 11.0 Å². The number of rotatable bonds is 2.